The van der Waals surface area contributed by atoms with Gasteiger partial charge in [0.05, 0.1) is 5.02 Å². The van der Waals surface area contributed by atoms with Crippen LogP contribution in [0.3, 0.4) is 0 Å². The Morgan fingerprint density at radius 3 is 2.94 bits per heavy atom. The largest absolute Gasteiger partial charge is 0.311 e. The van der Waals surface area contributed by atoms with Crippen LogP contribution in [0.1, 0.15) is 18.4 Å². The van der Waals surface area contributed by atoms with E-state index in [-0.39, 0.29) is 10.8 Å². The lowest BCUT2D eigenvalue weighted by Gasteiger charge is -2.33. The number of nitrogens with one attached hydrogen (secondary N) is 1. The Hall–Kier alpha value is -0.640. The zero-order chi connectivity index (χ0) is 12.5. The number of halogens is 2. The number of rotatable bonds is 3. The summed E-state index contributed by atoms with van der Waals surface area (Å²) in [7, 11) is 0. The average molecular weight is 269 g/mol. The monoisotopic (exact) mass is 268 g/mol. The van der Waals surface area contributed by atoms with Gasteiger partial charge in [-0.1, -0.05) is 17.7 Å². The van der Waals surface area contributed by atoms with Gasteiger partial charge in [-0.05, 0) is 36.5 Å². The van der Waals surface area contributed by atoms with Gasteiger partial charge in [0.2, 0.25) is 0 Å². The first kappa shape index (κ1) is 12.4. The van der Waals surface area contributed by atoms with E-state index in [9.17, 15) is 4.39 Å². The van der Waals surface area contributed by atoms with Gasteiger partial charge in [-0.15, -0.1) is 0 Å². The van der Waals surface area contributed by atoms with Gasteiger partial charge in [0.25, 0.3) is 0 Å². The van der Waals surface area contributed by atoms with E-state index in [0.717, 1.165) is 37.7 Å². The number of piperazine rings is 1. The van der Waals surface area contributed by atoms with Crippen LogP contribution in [0.25, 0.3) is 0 Å². The van der Waals surface area contributed by atoms with Crippen molar-refractivity contribution < 1.29 is 4.39 Å². The second kappa shape index (κ2) is 5.16. The molecule has 1 atom stereocenters. The number of hydrogen-bond acceptors (Lipinski definition) is 2. The molecule has 1 aliphatic carbocycles. The maximum atomic E-state index is 13.4. The van der Waals surface area contributed by atoms with Crippen molar-refractivity contribution in [2.75, 3.05) is 19.6 Å². The van der Waals surface area contributed by atoms with Crippen molar-refractivity contribution in [1.29, 1.82) is 0 Å². The van der Waals surface area contributed by atoms with Gasteiger partial charge < -0.3 is 5.32 Å². The third kappa shape index (κ3) is 2.85. The third-order valence-corrected chi connectivity index (χ3v) is 4.18. The molecule has 1 aromatic carbocycles. The second-order valence-electron chi connectivity index (χ2n) is 5.38. The van der Waals surface area contributed by atoms with Gasteiger partial charge in [-0.25, -0.2) is 4.39 Å². The van der Waals surface area contributed by atoms with Crippen molar-refractivity contribution >= 4 is 11.6 Å². The predicted octanol–water partition coefficient (Wildman–Crippen LogP) is 2.66. The van der Waals surface area contributed by atoms with Crippen LogP contribution in [0.2, 0.25) is 5.02 Å². The maximum Gasteiger partial charge on any atom is 0.142 e. The minimum atomic E-state index is -0.317. The van der Waals surface area contributed by atoms with E-state index in [1.165, 1.54) is 12.8 Å². The lowest BCUT2D eigenvalue weighted by molar-refractivity contribution is 0.181. The Morgan fingerprint density at radius 1 is 1.39 bits per heavy atom. The highest BCUT2D eigenvalue weighted by atomic mass is 35.5. The number of nitrogens with zero attached hydrogens (tertiary/aromatic N) is 1. The molecular formula is C14H18ClFN2. The minimum absolute atomic E-state index is 0.204. The molecule has 2 nitrogen and oxygen atoms in total. The summed E-state index contributed by atoms with van der Waals surface area (Å²) in [5.41, 5.74) is 1.01. The molecule has 0 amide bonds. The molecule has 0 spiro atoms. The summed E-state index contributed by atoms with van der Waals surface area (Å²) in [6, 6.07) is 5.75. The third-order valence-electron chi connectivity index (χ3n) is 3.87. The molecule has 0 radical (unpaired) electrons. The molecule has 1 aliphatic heterocycles. The van der Waals surface area contributed by atoms with Crippen LogP contribution in [0, 0.1) is 11.7 Å². The smallest absolute Gasteiger partial charge is 0.142 e. The maximum absolute atomic E-state index is 13.4. The van der Waals surface area contributed by atoms with Crippen LogP contribution in [-0.4, -0.2) is 30.6 Å². The SMILES string of the molecule is Fc1cc(CN2CCNC(C3CC3)C2)ccc1Cl. The van der Waals surface area contributed by atoms with E-state index in [4.69, 9.17) is 11.6 Å². The molecule has 2 aliphatic rings. The molecule has 4 heteroatoms. The summed E-state index contributed by atoms with van der Waals surface area (Å²) >= 11 is 5.70. The summed E-state index contributed by atoms with van der Waals surface area (Å²) in [5, 5.41) is 3.78. The van der Waals surface area contributed by atoms with E-state index >= 15 is 0 Å². The normalized spacial score (nSPS) is 25.3. The van der Waals surface area contributed by atoms with Crippen molar-refractivity contribution in [2.24, 2.45) is 5.92 Å². The van der Waals surface area contributed by atoms with Crippen LogP contribution >= 0.6 is 11.6 Å². The molecule has 3 rings (SSSR count). The second-order valence-corrected chi connectivity index (χ2v) is 5.79. The first-order valence-corrected chi connectivity index (χ1v) is 7.00. The zero-order valence-electron chi connectivity index (χ0n) is 10.3. The van der Waals surface area contributed by atoms with Crippen LogP contribution in [0.5, 0.6) is 0 Å². The lowest BCUT2D eigenvalue weighted by Crippen LogP contribution is -2.51. The van der Waals surface area contributed by atoms with Crippen molar-refractivity contribution in [3.63, 3.8) is 0 Å². The molecule has 1 unspecified atom stereocenters. The first-order chi connectivity index (χ1) is 8.72. The summed E-state index contributed by atoms with van der Waals surface area (Å²) in [5.74, 6) is 0.554. The quantitative estimate of drug-likeness (QED) is 0.907. The van der Waals surface area contributed by atoms with Crippen molar-refractivity contribution in [3.05, 3.63) is 34.6 Å². The predicted molar refractivity (Wildman–Crippen MR) is 71.2 cm³/mol. The Labute approximate surface area is 112 Å². The highest BCUT2D eigenvalue weighted by molar-refractivity contribution is 6.30. The van der Waals surface area contributed by atoms with Crippen LogP contribution < -0.4 is 5.32 Å². The Kier molecular flexibility index (Phi) is 3.55. The number of benzene rings is 1. The van der Waals surface area contributed by atoms with Crippen molar-refractivity contribution in [2.45, 2.75) is 25.4 Å². The molecule has 18 heavy (non-hydrogen) atoms. The highest BCUT2D eigenvalue weighted by Crippen LogP contribution is 2.33. The van der Waals surface area contributed by atoms with Crippen molar-refractivity contribution in [3.8, 4) is 0 Å². The standard InChI is InChI=1S/C14H18ClFN2/c15-12-4-1-10(7-13(12)16)8-18-6-5-17-14(9-18)11-2-3-11/h1,4,7,11,14,17H,2-3,5-6,8-9H2. The summed E-state index contributed by atoms with van der Waals surface area (Å²) in [6.07, 6.45) is 2.72. The topological polar surface area (TPSA) is 15.3 Å². The first-order valence-electron chi connectivity index (χ1n) is 6.62. The van der Waals surface area contributed by atoms with Crippen LogP contribution in [-0.2, 0) is 6.54 Å². The molecule has 1 saturated carbocycles. The highest BCUT2D eigenvalue weighted by Gasteiger charge is 2.33. The van der Waals surface area contributed by atoms with Gasteiger partial charge in [0, 0.05) is 32.2 Å². The summed E-state index contributed by atoms with van der Waals surface area (Å²) in [4.78, 5) is 2.40. The fourth-order valence-electron chi connectivity index (χ4n) is 2.70. The van der Waals surface area contributed by atoms with Gasteiger partial charge in [-0.3, -0.25) is 4.90 Å². The summed E-state index contributed by atoms with van der Waals surface area (Å²) in [6.45, 7) is 3.97. The molecule has 2 fully saturated rings. The molecular weight excluding hydrogens is 251 g/mol. The van der Waals surface area contributed by atoms with Gasteiger partial charge in [0.1, 0.15) is 5.82 Å². The average Bonchev–Trinajstić information content (AvgIpc) is 3.18. The van der Waals surface area contributed by atoms with Crippen LogP contribution in [0.4, 0.5) is 4.39 Å². The molecule has 98 valence electrons. The molecule has 1 N–H and O–H groups in total. The fraction of sp³-hybridized carbons (Fsp3) is 0.571. The Bertz CT molecular complexity index is 434. The Morgan fingerprint density at radius 2 is 2.22 bits per heavy atom. The van der Waals surface area contributed by atoms with E-state index in [1.54, 1.807) is 12.1 Å². The van der Waals surface area contributed by atoms with E-state index < -0.39 is 0 Å². The van der Waals surface area contributed by atoms with E-state index in [2.05, 4.69) is 10.2 Å². The summed E-state index contributed by atoms with van der Waals surface area (Å²) < 4.78 is 13.4. The fourth-order valence-corrected chi connectivity index (χ4v) is 2.81. The lowest BCUT2D eigenvalue weighted by atomic mass is 10.1. The van der Waals surface area contributed by atoms with Gasteiger partial charge >= 0.3 is 0 Å². The molecule has 0 bridgehead atoms. The van der Waals surface area contributed by atoms with Gasteiger partial charge in [0.15, 0.2) is 0 Å². The molecule has 1 heterocycles. The van der Waals surface area contributed by atoms with E-state index in [0.29, 0.717) is 6.04 Å². The van der Waals surface area contributed by atoms with E-state index in [1.807, 2.05) is 6.07 Å². The Balaban J connectivity index is 1.62. The zero-order valence-corrected chi connectivity index (χ0v) is 11.1. The molecule has 0 aromatic heterocycles. The molecule has 1 saturated heterocycles. The van der Waals surface area contributed by atoms with Crippen LogP contribution in [0.15, 0.2) is 18.2 Å². The minimum Gasteiger partial charge on any atom is -0.311 e. The van der Waals surface area contributed by atoms with Gasteiger partial charge in [-0.2, -0.15) is 0 Å². The number of hydrogen-bond donors (Lipinski definition) is 1. The van der Waals surface area contributed by atoms with Crippen molar-refractivity contribution in [1.82, 2.24) is 10.2 Å². The molecule has 1 aromatic rings.